The summed E-state index contributed by atoms with van der Waals surface area (Å²) in [7, 11) is 0. The van der Waals surface area contributed by atoms with Gasteiger partial charge in [0, 0.05) is 20.9 Å². The lowest BCUT2D eigenvalue weighted by atomic mass is 10.1. The van der Waals surface area contributed by atoms with Crippen LogP contribution in [0.4, 0.5) is 8.78 Å². The molecular weight excluding hydrogens is 542 g/mol. The number of rotatable bonds is 2. The van der Waals surface area contributed by atoms with Gasteiger partial charge >= 0.3 is 0 Å². The van der Waals surface area contributed by atoms with E-state index in [1.165, 1.54) is 23.5 Å². The van der Waals surface area contributed by atoms with E-state index in [9.17, 15) is 8.78 Å². The lowest BCUT2D eigenvalue weighted by molar-refractivity contribution is 0.623. The lowest BCUT2D eigenvalue weighted by Crippen LogP contribution is -1.85. The zero-order valence-corrected chi connectivity index (χ0v) is 18.5. The molecule has 0 N–H and O–H groups in total. The van der Waals surface area contributed by atoms with Crippen LogP contribution < -0.4 is 0 Å². The molecule has 0 radical (unpaired) electrons. The molecular formula is C16H4Br2F2N4S3. The molecule has 2 aromatic carbocycles. The Morgan fingerprint density at radius 1 is 0.667 bits per heavy atom. The molecule has 0 spiro atoms. The van der Waals surface area contributed by atoms with E-state index in [0.29, 0.717) is 42.1 Å². The summed E-state index contributed by atoms with van der Waals surface area (Å²) in [6, 6.07) is 6.61. The molecule has 5 rings (SSSR count). The third kappa shape index (κ3) is 2.75. The van der Waals surface area contributed by atoms with Crippen molar-refractivity contribution in [3.63, 3.8) is 0 Å². The van der Waals surface area contributed by atoms with E-state index in [-0.39, 0.29) is 0 Å². The minimum Gasteiger partial charge on any atom is -0.206 e. The topological polar surface area (TPSA) is 51.6 Å². The van der Waals surface area contributed by atoms with Gasteiger partial charge in [-0.25, -0.2) is 8.78 Å². The van der Waals surface area contributed by atoms with Crippen LogP contribution in [0.5, 0.6) is 0 Å². The van der Waals surface area contributed by atoms with Gasteiger partial charge in [0.2, 0.25) is 0 Å². The van der Waals surface area contributed by atoms with Crippen LogP contribution in [0.15, 0.2) is 33.2 Å². The largest absolute Gasteiger partial charge is 0.206 e. The minimum absolute atomic E-state index is 0.303. The molecule has 4 nitrogen and oxygen atoms in total. The van der Waals surface area contributed by atoms with Gasteiger partial charge in [0.25, 0.3) is 0 Å². The molecule has 11 heteroatoms. The zero-order chi connectivity index (χ0) is 18.7. The first-order valence-corrected chi connectivity index (χ1v) is 11.2. The summed E-state index contributed by atoms with van der Waals surface area (Å²) in [5, 5.41) is 0. The van der Waals surface area contributed by atoms with Crippen molar-refractivity contribution in [2.75, 3.05) is 0 Å². The molecule has 0 aliphatic carbocycles. The first-order valence-electron chi connectivity index (χ1n) is 7.35. The molecule has 134 valence electrons. The average Bonchev–Trinajstić information content (AvgIpc) is 3.40. The average molecular weight is 546 g/mol. The second-order valence-electron chi connectivity index (χ2n) is 5.53. The van der Waals surface area contributed by atoms with Crippen molar-refractivity contribution in [2.24, 2.45) is 0 Å². The van der Waals surface area contributed by atoms with Crippen LogP contribution in [-0.4, -0.2) is 17.5 Å². The standard InChI is InChI=1S/C16H4Br2F2N4S3/c17-11-7(19)3-5(13-15(11)23-26-21-13)9-1-2-10(25-9)6-4-8(20)12(18)16-14(6)22-27-24-16/h1-4H. The Balaban J connectivity index is 1.71. The molecule has 0 amide bonds. The van der Waals surface area contributed by atoms with E-state index < -0.39 is 11.6 Å². The Kier molecular flexibility index (Phi) is 4.32. The summed E-state index contributed by atoms with van der Waals surface area (Å²) in [5.41, 5.74) is 3.55. The number of thiophene rings is 1. The number of fused-ring (bicyclic) bond motifs is 2. The van der Waals surface area contributed by atoms with Crippen molar-refractivity contribution < 1.29 is 8.78 Å². The summed E-state index contributed by atoms with van der Waals surface area (Å²) < 4.78 is 46.1. The first-order chi connectivity index (χ1) is 13.0. The van der Waals surface area contributed by atoms with Gasteiger partial charge in [-0.3, -0.25) is 0 Å². The van der Waals surface area contributed by atoms with Crippen molar-refractivity contribution in [1.82, 2.24) is 17.5 Å². The van der Waals surface area contributed by atoms with Gasteiger partial charge in [0.15, 0.2) is 0 Å². The van der Waals surface area contributed by atoms with E-state index >= 15 is 0 Å². The monoisotopic (exact) mass is 544 g/mol. The number of halogens is 4. The predicted octanol–water partition coefficient (Wildman–Crippen LogP) is 6.89. The lowest BCUT2D eigenvalue weighted by Gasteiger charge is -2.03. The van der Waals surface area contributed by atoms with Crippen molar-refractivity contribution in [1.29, 1.82) is 0 Å². The smallest absolute Gasteiger partial charge is 0.140 e. The molecule has 0 aliphatic heterocycles. The second-order valence-corrected chi connectivity index (χ2v) is 9.25. The maximum atomic E-state index is 14.3. The summed E-state index contributed by atoms with van der Waals surface area (Å²) >= 11 is 9.91. The number of hydrogen-bond acceptors (Lipinski definition) is 7. The van der Waals surface area contributed by atoms with Crippen molar-refractivity contribution in [3.8, 4) is 20.9 Å². The van der Waals surface area contributed by atoms with Gasteiger partial charge in [-0.15, -0.1) is 11.3 Å². The zero-order valence-electron chi connectivity index (χ0n) is 12.8. The molecule has 0 unspecified atom stereocenters. The highest BCUT2D eigenvalue weighted by Gasteiger charge is 2.20. The molecule has 0 fully saturated rings. The highest BCUT2D eigenvalue weighted by atomic mass is 79.9. The highest BCUT2D eigenvalue weighted by Crippen LogP contribution is 2.42. The molecule has 3 aromatic heterocycles. The van der Waals surface area contributed by atoms with Crippen LogP contribution >= 0.6 is 66.7 Å². The Bertz CT molecular complexity index is 1240. The summed E-state index contributed by atoms with van der Waals surface area (Å²) in [5.74, 6) is -0.804. The Labute approximate surface area is 179 Å². The molecule has 5 aromatic rings. The molecule has 3 heterocycles. The Hall–Kier alpha value is -1.40. The molecule has 27 heavy (non-hydrogen) atoms. The molecule has 0 atom stereocenters. The fraction of sp³-hybridized carbons (Fsp3) is 0. The molecule has 0 saturated carbocycles. The van der Waals surface area contributed by atoms with Crippen molar-refractivity contribution >= 4 is 88.7 Å². The van der Waals surface area contributed by atoms with Crippen LogP contribution in [0.25, 0.3) is 42.9 Å². The van der Waals surface area contributed by atoms with E-state index in [1.54, 1.807) is 0 Å². The quantitative estimate of drug-likeness (QED) is 0.242. The minimum atomic E-state index is -0.402. The normalized spacial score (nSPS) is 11.7. The fourth-order valence-corrected chi connectivity index (χ4v) is 5.95. The maximum Gasteiger partial charge on any atom is 0.140 e. The highest BCUT2D eigenvalue weighted by molar-refractivity contribution is 9.11. The van der Waals surface area contributed by atoms with E-state index in [4.69, 9.17) is 0 Å². The number of benzene rings is 2. The number of hydrogen-bond donors (Lipinski definition) is 0. The third-order valence-corrected chi connectivity index (χ3v) is 7.72. The SMILES string of the molecule is Fc1cc(-c2ccc(-c3cc(F)c(Br)c4nsnc34)s2)c2nsnc2c1Br. The Morgan fingerprint density at radius 3 is 1.52 bits per heavy atom. The van der Waals surface area contributed by atoms with Crippen molar-refractivity contribution in [3.05, 3.63) is 44.8 Å². The fourth-order valence-electron chi connectivity index (χ4n) is 2.76. The van der Waals surface area contributed by atoms with Crippen LogP contribution in [-0.2, 0) is 0 Å². The van der Waals surface area contributed by atoms with Crippen LogP contribution in [0.1, 0.15) is 0 Å². The van der Waals surface area contributed by atoms with E-state index in [1.807, 2.05) is 12.1 Å². The van der Waals surface area contributed by atoms with Crippen LogP contribution in [0.2, 0.25) is 0 Å². The summed E-state index contributed by atoms with van der Waals surface area (Å²) in [6.45, 7) is 0. The van der Waals surface area contributed by atoms with Gasteiger partial charge in [0.05, 0.1) is 32.4 Å². The van der Waals surface area contributed by atoms with Crippen molar-refractivity contribution in [2.45, 2.75) is 0 Å². The van der Waals surface area contributed by atoms with Gasteiger partial charge in [-0.1, -0.05) is 0 Å². The van der Waals surface area contributed by atoms with Gasteiger partial charge in [0.1, 0.15) is 33.7 Å². The third-order valence-electron chi connectivity index (χ3n) is 4.00. The van der Waals surface area contributed by atoms with Crippen LogP contribution in [0.3, 0.4) is 0 Å². The number of aromatic nitrogens is 4. The first kappa shape index (κ1) is 17.7. The summed E-state index contributed by atoms with van der Waals surface area (Å²) in [4.78, 5) is 1.63. The predicted molar refractivity (Wildman–Crippen MR) is 112 cm³/mol. The molecule has 0 saturated heterocycles. The van der Waals surface area contributed by atoms with E-state index in [2.05, 4.69) is 49.4 Å². The van der Waals surface area contributed by atoms with Crippen LogP contribution in [0, 0.1) is 11.6 Å². The van der Waals surface area contributed by atoms with Gasteiger partial charge < -0.3 is 0 Å². The molecule has 0 aliphatic rings. The molecule has 0 bridgehead atoms. The van der Waals surface area contributed by atoms with Gasteiger partial charge in [-0.05, 0) is 56.1 Å². The summed E-state index contributed by atoms with van der Waals surface area (Å²) in [6.07, 6.45) is 0. The Morgan fingerprint density at radius 2 is 1.07 bits per heavy atom. The maximum absolute atomic E-state index is 14.3. The number of nitrogens with zero attached hydrogens (tertiary/aromatic N) is 4. The van der Waals surface area contributed by atoms with E-state index in [0.717, 1.165) is 33.2 Å². The van der Waals surface area contributed by atoms with Gasteiger partial charge in [-0.2, -0.15) is 17.5 Å². The second kappa shape index (κ2) is 6.59.